The highest BCUT2D eigenvalue weighted by Gasteiger charge is 2.08. The molecule has 1 heterocycles. The highest BCUT2D eigenvalue weighted by atomic mass is 35.5. The van der Waals surface area contributed by atoms with Gasteiger partial charge in [-0.3, -0.25) is 5.32 Å². The maximum Gasteiger partial charge on any atom is 0.412 e. The molecular formula is C18H14ClNO3. The summed E-state index contributed by atoms with van der Waals surface area (Å²) in [5, 5.41) is 3.31. The van der Waals surface area contributed by atoms with E-state index in [4.69, 9.17) is 20.8 Å². The highest BCUT2D eigenvalue weighted by molar-refractivity contribution is 6.30. The summed E-state index contributed by atoms with van der Waals surface area (Å²) in [7, 11) is 0. The molecule has 0 aliphatic carbocycles. The van der Waals surface area contributed by atoms with E-state index >= 15 is 0 Å². The lowest BCUT2D eigenvalue weighted by molar-refractivity contribution is 0.146. The first kappa shape index (κ1) is 15.2. The molecule has 1 aromatic heterocycles. The van der Waals surface area contributed by atoms with E-state index in [1.165, 1.54) is 0 Å². The van der Waals surface area contributed by atoms with Gasteiger partial charge in [0.2, 0.25) is 0 Å². The summed E-state index contributed by atoms with van der Waals surface area (Å²) < 4.78 is 10.8. The molecule has 116 valence electrons. The van der Waals surface area contributed by atoms with Gasteiger partial charge in [-0.15, -0.1) is 0 Å². The fraction of sp³-hybridized carbons (Fsp3) is 0.0556. The summed E-state index contributed by atoms with van der Waals surface area (Å²) in [6, 6.07) is 20.0. The first-order valence-corrected chi connectivity index (χ1v) is 7.42. The molecule has 3 aromatic rings. The number of ether oxygens (including phenoxy) is 1. The molecule has 0 saturated heterocycles. The number of furan rings is 1. The van der Waals surface area contributed by atoms with Gasteiger partial charge < -0.3 is 9.15 Å². The molecule has 2 aromatic carbocycles. The minimum atomic E-state index is -0.527. The van der Waals surface area contributed by atoms with Crippen LogP contribution in [0.25, 0.3) is 11.3 Å². The quantitative estimate of drug-likeness (QED) is 0.702. The van der Waals surface area contributed by atoms with E-state index < -0.39 is 6.09 Å². The van der Waals surface area contributed by atoms with Crippen molar-refractivity contribution in [3.8, 4) is 11.3 Å². The van der Waals surface area contributed by atoms with Gasteiger partial charge in [0.05, 0.1) is 0 Å². The maximum absolute atomic E-state index is 11.7. The lowest BCUT2D eigenvalue weighted by Crippen LogP contribution is -2.13. The Hall–Kier alpha value is -2.72. The lowest BCUT2D eigenvalue weighted by atomic mass is 10.2. The van der Waals surface area contributed by atoms with Crippen LogP contribution in [0.2, 0.25) is 5.02 Å². The Morgan fingerprint density at radius 1 is 1.00 bits per heavy atom. The Bertz CT molecular complexity index is 782. The van der Waals surface area contributed by atoms with Crippen LogP contribution in [-0.4, -0.2) is 6.09 Å². The van der Waals surface area contributed by atoms with Crippen LogP contribution in [0.1, 0.15) is 5.76 Å². The molecule has 23 heavy (non-hydrogen) atoms. The Morgan fingerprint density at radius 3 is 2.48 bits per heavy atom. The lowest BCUT2D eigenvalue weighted by Gasteiger charge is -2.05. The van der Waals surface area contributed by atoms with Crippen LogP contribution in [0.5, 0.6) is 0 Å². The zero-order valence-electron chi connectivity index (χ0n) is 12.2. The monoisotopic (exact) mass is 327 g/mol. The van der Waals surface area contributed by atoms with Crippen LogP contribution in [0.3, 0.4) is 0 Å². The zero-order chi connectivity index (χ0) is 16.1. The number of rotatable bonds is 4. The van der Waals surface area contributed by atoms with Gasteiger partial charge in [-0.2, -0.15) is 0 Å². The average Bonchev–Trinajstić information content (AvgIpc) is 3.04. The van der Waals surface area contributed by atoms with E-state index in [0.717, 1.165) is 5.56 Å². The Morgan fingerprint density at radius 2 is 1.74 bits per heavy atom. The number of carbonyl (C=O) groups excluding carboxylic acids is 1. The molecule has 0 bridgehead atoms. The van der Waals surface area contributed by atoms with E-state index in [1.54, 1.807) is 30.3 Å². The molecule has 0 fully saturated rings. The number of anilines is 1. The van der Waals surface area contributed by atoms with Crippen molar-refractivity contribution in [2.24, 2.45) is 0 Å². The molecular weight excluding hydrogens is 314 g/mol. The first-order valence-electron chi connectivity index (χ1n) is 7.04. The first-order chi connectivity index (χ1) is 11.2. The van der Waals surface area contributed by atoms with Crippen molar-refractivity contribution in [2.45, 2.75) is 6.61 Å². The summed E-state index contributed by atoms with van der Waals surface area (Å²) >= 11 is 5.86. The summed E-state index contributed by atoms with van der Waals surface area (Å²) in [4.78, 5) is 11.7. The predicted octanol–water partition coefficient (Wildman–Crippen LogP) is 5.35. The summed E-state index contributed by atoms with van der Waals surface area (Å²) in [6.45, 7) is 0.0618. The molecule has 0 aliphatic heterocycles. The topological polar surface area (TPSA) is 51.5 Å². The zero-order valence-corrected chi connectivity index (χ0v) is 12.9. The number of nitrogens with one attached hydrogen (secondary N) is 1. The van der Waals surface area contributed by atoms with E-state index in [0.29, 0.717) is 22.2 Å². The number of carbonyl (C=O) groups is 1. The number of hydrogen-bond acceptors (Lipinski definition) is 3. The molecule has 0 saturated carbocycles. The van der Waals surface area contributed by atoms with Crippen LogP contribution in [0.15, 0.2) is 71.1 Å². The second-order valence-electron chi connectivity index (χ2n) is 4.84. The molecule has 4 nitrogen and oxygen atoms in total. The fourth-order valence-electron chi connectivity index (χ4n) is 2.04. The van der Waals surface area contributed by atoms with Crippen LogP contribution in [0.4, 0.5) is 10.5 Å². The standard InChI is InChI=1S/C18H14ClNO3/c19-14-8-6-13(7-9-14)17-11-10-16(23-17)12-22-18(21)20-15-4-2-1-3-5-15/h1-11H,12H2,(H,20,21). The van der Waals surface area contributed by atoms with Gasteiger partial charge in [0.25, 0.3) is 0 Å². The van der Waals surface area contributed by atoms with Crippen molar-refractivity contribution in [3.05, 3.63) is 77.5 Å². The Kier molecular flexibility index (Phi) is 4.64. The van der Waals surface area contributed by atoms with Gasteiger partial charge in [-0.1, -0.05) is 29.8 Å². The van der Waals surface area contributed by atoms with Gasteiger partial charge in [0.1, 0.15) is 11.5 Å². The van der Waals surface area contributed by atoms with E-state index in [-0.39, 0.29) is 6.61 Å². The van der Waals surface area contributed by atoms with Crippen LogP contribution >= 0.6 is 11.6 Å². The summed E-state index contributed by atoms with van der Waals surface area (Å²) in [5.74, 6) is 1.27. The molecule has 5 heteroatoms. The Labute approximate surface area is 138 Å². The summed E-state index contributed by atoms with van der Waals surface area (Å²) in [5.41, 5.74) is 1.59. The molecule has 3 rings (SSSR count). The molecule has 1 amide bonds. The van der Waals surface area contributed by atoms with Gasteiger partial charge in [-0.25, -0.2) is 4.79 Å². The minimum absolute atomic E-state index is 0.0618. The van der Waals surface area contributed by atoms with E-state index in [1.807, 2.05) is 36.4 Å². The number of para-hydroxylation sites is 1. The molecule has 0 atom stereocenters. The van der Waals surface area contributed by atoms with Crippen LogP contribution in [0, 0.1) is 0 Å². The van der Waals surface area contributed by atoms with E-state index in [9.17, 15) is 4.79 Å². The molecule has 1 N–H and O–H groups in total. The Balaban J connectivity index is 1.57. The SMILES string of the molecule is O=C(Nc1ccccc1)OCc1ccc(-c2ccc(Cl)cc2)o1. The van der Waals surface area contributed by atoms with Crippen molar-refractivity contribution in [1.29, 1.82) is 0 Å². The normalized spacial score (nSPS) is 10.3. The largest absolute Gasteiger partial charge is 0.457 e. The van der Waals surface area contributed by atoms with Crippen molar-refractivity contribution < 1.29 is 13.9 Å². The van der Waals surface area contributed by atoms with Crippen molar-refractivity contribution >= 4 is 23.4 Å². The van der Waals surface area contributed by atoms with Crippen LogP contribution in [-0.2, 0) is 11.3 Å². The number of halogens is 1. The molecule has 0 spiro atoms. The average molecular weight is 328 g/mol. The molecule has 0 aliphatic rings. The van der Waals surface area contributed by atoms with Crippen molar-refractivity contribution in [1.82, 2.24) is 0 Å². The van der Waals surface area contributed by atoms with Gasteiger partial charge >= 0.3 is 6.09 Å². The van der Waals surface area contributed by atoms with E-state index in [2.05, 4.69) is 5.32 Å². The number of hydrogen-bond donors (Lipinski definition) is 1. The fourth-order valence-corrected chi connectivity index (χ4v) is 2.16. The van der Waals surface area contributed by atoms with Crippen LogP contribution < -0.4 is 5.32 Å². The maximum atomic E-state index is 11.7. The van der Waals surface area contributed by atoms with Gasteiger partial charge in [0.15, 0.2) is 6.61 Å². The number of amides is 1. The third kappa shape index (κ3) is 4.14. The third-order valence-electron chi connectivity index (χ3n) is 3.16. The summed E-state index contributed by atoms with van der Waals surface area (Å²) in [6.07, 6.45) is -0.527. The number of benzene rings is 2. The minimum Gasteiger partial charge on any atom is -0.457 e. The van der Waals surface area contributed by atoms with Crippen molar-refractivity contribution in [3.63, 3.8) is 0 Å². The second-order valence-corrected chi connectivity index (χ2v) is 5.28. The molecule has 0 radical (unpaired) electrons. The third-order valence-corrected chi connectivity index (χ3v) is 3.41. The highest BCUT2D eigenvalue weighted by Crippen LogP contribution is 2.24. The predicted molar refractivity (Wildman–Crippen MR) is 89.4 cm³/mol. The second kappa shape index (κ2) is 7.03. The van der Waals surface area contributed by atoms with Crippen molar-refractivity contribution in [2.75, 3.05) is 5.32 Å². The van der Waals surface area contributed by atoms with Gasteiger partial charge in [0, 0.05) is 16.3 Å². The molecule has 0 unspecified atom stereocenters. The smallest absolute Gasteiger partial charge is 0.412 e. The van der Waals surface area contributed by atoms with Gasteiger partial charge in [-0.05, 0) is 48.5 Å².